The molecule has 0 aliphatic heterocycles. The number of hydrogen-bond acceptors (Lipinski definition) is 1. The summed E-state index contributed by atoms with van der Waals surface area (Å²) >= 11 is 0. The minimum absolute atomic E-state index is 0.570. The molecule has 1 rings (SSSR count). The lowest BCUT2D eigenvalue weighted by atomic mass is 10.1. The summed E-state index contributed by atoms with van der Waals surface area (Å²) in [5, 5.41) is 8.31. The van der Waals surface area contributed by atoms with Crippen molar-refractivity contribution in [3.05, 3.63) is 40.7 Å². The van der Waals surface area contributed by atoms with Gasteiger partial charge in [-0.25, -0.2) is 22.0 Å². The van der Waals surface area contributed by atoms with Crippen LogP contribution in [0.2, 0.25) is 0 Å². The van der Waals surface area contributed by atoms with Crippen LogP contribution in [0.5, 0.6) is 0 Å². The lowest BCUT2D eigenvalue weighted by molar-refractivity contribution is 0.343. The maximum absolute atomic E-state index is 12.9. The Bertz CT molecular complexity index is 384. The monoisotopic (exact) mass is 224 g/mol. The molecule has 1 N–H and O–H groups in total. The first-order valence-electron chi connectivity index (χ1n) is 3.79. The van der Waals surface area contributed by atoms with Gasteiger partial charge in [0.2, 0.25) is 5.82 Å². The number of benzene rings is 1. The molecule has 1 aromatic carbocycles. The van der Waals surface area contributed by atoms with Gasteiger partial charge in [-0.1, -0.05) is 12.2 Å². The predicted molar refractivity (Wildman–Crippen MR) is 42.4 cm³/mol. The molecular weight excluding hydrogens is 219 g/mol. The van der Waals surface area contributed by atoms with Crippen LogP contribution in [-0.2, 0) is 0 Å². The van der Waals surface area contributed by atoms with Crippen molar-refractivity contribution in [1.82, 2.24) is 0 Å². The third-order valence-corrected chi connectivity index (χ3v) is 1.63. The van der Waals surface area contributed by atoms with E-state index in [-0.39, 0.29) is 0 Å². The van der Waals surface area contributed by atoms with Crippen LogP contribution in [0.3, 0.4) is 0 Å². The topological polar surface area (TPSA) is 20.2 Å². The summed E-state index contributed by atoms with van der Waals surface area (Å²) in [5.74, 6) is -10.1. The van der Waals surface area contributed by atoms with Crippen LogP contribution in [0.25, 0.3) is 6.08 Å². The van der Waals surface area contributed by atoms with Crippen LogP contribution in [0.1, 0.15) is 5.56 Å². The smallest absolute Gasteiger partial charge is 0.200 e. The van der Waals surface area contributed by atoms with Crippen molar-refractivity contribution in [3.63, 3.8) is 0 Å². The number of aliphatic hydroxyl groups is 1. The van der Waals surface area contributed by atoms with Crippen molar-refractivity contribution in [2.45, 2.75) is 0 Å². The molecule has 0 spiro atoms. The van der Waals surface area contributed by atoms with Crippen molar-refractivity contribution >= 4 is 6.08 Å². The van der Waals surface area contributed by atoms with Crippen molar-refractivity contribution < 1.29 is 27.1 Å². The van der Waals surface area contributed by atoms with Crippen LogP contribution in [0, 0.1) is 29.1 Å². The van der Waals surface area contributed by atoms with Gasteiger partial charge in [0.25, 0.3) is 0 Å². The van der Waals surface area contributed by atoms with E-state index in [4.69, 9.17) is 5.11 Å². The van der Waals surface area contributed by atoms with E-state index in [0.29, 0.717) is 6.08 Å². The highest BCUT2D eigenvalue weighted by Crippen LogP contribution is 2.23. The molecule has 0 unspecified atom stereocenters. The quantitative estimate of drug-likeness (QED) is 0.464. The van der Waals surface area contributed by atoms with Gasteiger partial charge < -0.3 is 5.11 Å². The first-order valence-corrected chi connectivity index (χ1v) is 3.79. The van der Waals surface area contributed by atoms with Gasteiger partial charge in [-0.2, -0.15) is 0 Å². The molecule has 0 aliphatic rings. The number of aliphatic hydroxyl groups excluding tert-OH is 1. The maximum Gasteiger partial charge on any atom is 0.200 e. The van der Waals surface area contributed by atoms with Crippen molar-refractivity contribution in [1.29, 1.82) is 0 Å². The largest absolute Gasteiger partial charge is 0.392 e. The molecule has 0 amide bonds. The number of halogens is 5. The van der Waals surface area contributed by atoms with Crippen molar-refractivity contribution in [3.8, 4) is 0 Å². The second-order valence-electron chi connectivity index (χ2n) is 2.57. The van der Waals surface area contributed by atoms with Crippen molar-refractivity contribution in [2.75, 3.05) is 6.61 Å². The molecule has 0 bridgehead atoms. The van der Waals surface area contributed by atoms with E-state index in [2.05, 4.69) is 0 Å². The van der Waals surface area contributed by atoms with E-state index in [1.807, 2.05) is 0 Å². The third kappa shape index (κ3) is 1.99. The summed E-state index contributed by atoms with van der Waals surface area (Å²) in [6.45, 7) is -0.570. The molecule has 0 saturated carbocycles. The van der Waals surface area contributed by atoms with E-state index in [9.17, 15) is 22.0 Å². The first-order chi connectivity index (χ1) is 7.00. The molecule has 0 atom stereocenters. The van der Waals surface area contributed by atoms with E-state index in [1.165, 1.54) is 0 Å². The van der Waals surface area contributed by atoms with Gasteiger partial charge in [0.15, 0.2) is 23.3 Å². The first kappa shape index (κ1) is 11.6. The molecule has 0 aromatic heterocycles. The van der Waals surface area contributed by atoms with Crippen LogP contribution in [0.4, 0.5) is 22.0 Å². The molecule has 1 nitrogen and oxygen atoms in total. The van der Waals surface area contributed by atoms with E-state index in [1.54, 1.807) is 0 Å². The fourth-order valence-corrected chi connectivity index (χ4v) is 0.939. The van der Waals surface area contributed by atoms with E-state index < -0.39 is 41.3 Å². The Morgan fingerprint density at radius 3 is 1.60 bits per heavy atom. The van der Waals surface area contributed by atoms with Crippen LogP contribution < -0.4 is 0 Å². The highest BCUT2D eigenvalue weighted by Gasteiger charge is 2.23. The molecule has 0 radical (unpaired) electrons. The highest BCUT2D eigenvalue weighted by atomic mass is 19.2. The fraction of sp³-hybridized carbons (Fsp3) is 0.111. The van der Waals surface area contributed by atoms with Gasteiger partial charge in [0.05, 0.1) is 12.2 Å². The zero-order chi connectivity index (χ0) is 11.6. The number of rotatable bonds is 2. The Labute approximate surface area is 81.5 Å². The summed E-state index contributed by atoms with van der Waals surface area (Å²) in [5.41, 5.74) is -1.07. The minimum Gasteiger partial charge on any atom is -0.392 e. The second kappa shape index (κ2) is 4.39. The molecule has 6 heteroatoms. The zero-order valence-electron chi connectivity index (χ0n) is 7.20. The fourth-order valence-electron chi connectivity index (χ4n) is 0.939. The maximum atomic E-state index is 12.9. The third-order valence-electron chi connectivity index (χ3n) is 1.63. The molecule has 82 valence electrons. The standard InChI is InChI=1S/C9H5F5O/c10-5-4(2-1-3-15)6(11)8(13)9(14)7(5)12/h1-2,15H,3H2. The molecule has 15 heavy (non-hydrogen) atoms. The Morgan fingerprint density at radius 2 is 1.20 bits per heavy atom. The van der Waals surface area contributed by atoms with Crippen LogP contribution >= 0.6 is 0 Å². The Balaban J connectivity index is 3.45. The van der Waals surface area contributed by atoms with E-state index >= 15 is 0 Å². The second-order valence-corrected chi connectivity index (χ2v) is 2.57. The highest BCUT2D eigenvalue weighted by molar-refractivity contribution is 5.51. The molecule has 0 fully saturated rings. The molecule has 0 heterocycles. The summed E-state index contributed by atoms with van der Waals surface area (Å²) in [6, 6.07) is 0. The summed E-state index contributed by atoms with van der Waals surface area (Å²) < 4.78 is 63.4. The molecule has 0 aliphatic carbocycles. The summed E-state index contributed by atoms with van der Waals surface area (Å²) in [7, 11) is 0. The van der Waals surface area contributed by atoms with Crippen LogP contribution in [-0.4, -0.2) is 11.7 Å². The van der Waals surface area contributed by atoms with Gasteiger partial charge in [0.1, 0.15) is 0 Å². The number of hydrogen-bond donors (Lipinski definition) is 1. The minimum atomic E-state index is -2.20. The summed E-state index contributed by atoms with van der Waals surface area (Å²) in [6.07, 6.45) is 1.48. The lowest BCUT2D eigenvalue weighted by Gasteiger charge is -2.03. The van der Waals surface area contributed by atoms with Gasteiger partial charge in [-0.05, 0) is 0 Å². The Morgan fingerprint density at radius 1 is 0.800 bits per heavy atom. The van der Waals surface area contributed by atoms with Crippen LogP contribution in [0.15, 0.2) is 6.08 Å². The average molecular weight is 224 g/mol. The van der Waals surface area contributed by atoms with Gasteiger partial charge in [-0.3, -0.25) is 0 Å². The lowest BCUT2D eigenvalue weighted by Crippen LogP contribution is -2.03. The van der Waals surface area contributed by atoms with Gasteiger partial charge in [0, 0.05) is 0 Å². The Hall–Kier alpha value is -1.43. The summed E-state index contributed by atoms with van der Waals surface area (Å²) in [4.78, 5) is 0. The zero-order valence-corrected chi connectivity index (χ0v) is 7.20. The normalized spacial score (nSPS) is 11.3. The van der Waals surface area contributed by atoms with Crippen molar-refractivity contribution in [2.24, 2.45) is 0 Å². The molecule has 0 saturated heterocycles. The SMILES string of the molecule is OCC=Cc1c(F)c(F)c(F)c(F)c1F. The Kier molecular flexibility index (Phi) is 3.41. The van der Waals surface area contributed by atoms with E-state index in [0.717, 1.165) is 6.08 Å². The van der Waals surface area contributed by atoms with Gasteiger partial charge >= 0.3 is 0 Å². The molecular formula is C9H5F5O. The molecule has 1 aromatic rings. The average Bonchev–Trinajstić information content (AvgIpc) is 2.24. The predicted octanol–water partition coefficient (Wildman–Crippen LogP) is 2.39. The van der Waals surface area contributed by atoms with Gasteiger partial charge in [-0.15, -0.1) is 0 Å².